The first-order chi connectivity index (χ1) is 15.4. The van der Waals surface area contributed by atoms with Gasteiger partial charge in [0.1, 0.15) is 21.4 Å². The van der Waals surface area contributed by atoms with Crippen LogP contribution in [0.2, 0.25) is 5.02 Å². The van der Waals surface area contributed by atoms with Crippen molar-refractivity contribution in [1.82, 2.24) is 4.98 Å². The van der Waals surface area contributed by atoms with E-state index >= 15 is 0 Å². The van der Waals surface area contributed by atoms with E-state index in [4.69, 9.17) is 21.1 Å². The number of halogens is 1. The van der Waals surface area contributed by atoms with E-state index in [0.717, 1.165) is 21.8 Å². The van der Waals surface area contributed by atoms with Crippen LogP contribution in [0.4, 0.5) is 5.69 Å². The average molecular weight is 487 g/mol. The quantitative estimate of drug-likeness (QED) is 0.349. The minimum absolute atomic E-state index is 0.0144. The van der Waals surface area contributed by atoms with Crippen molar-refractivity contribution >= 4 is 38.6 Å². The normalized spacial score (nSPS) is 11.2. The van der Waals surface area contributed by atoms with Crippen LogP contribution in [0.3, 0.4) is 0 Å². The van der Waals surface area contributed by atoms with Crippen molar-refractivity contribution in [3.05, 3.63) is 77.1 Å². The van der Waals surface area contributed by atoms with E-state index in [-0.39, 0.29) is 10.6 Å². The van der Waals surface area contributed by atoms with Crippen molar-refractivity contribution in [2.75, 3.05) is 18.9 Å². The van der Waals surface area contributed by atoms with Gasteiger partial charge in [0.05, 0.1) is 24.9 Å². The van der Waals surface area contributed by atoms with Gasteiger partial charge in [-0.05, 0) is 30.3 Å². The molecule has 1 aromatic heterocycles. The lowest BCUT2D eigenvalue weighted by Gasteiger charge is -2.13. The van der Waals surface area contributed by atoms with Crippen LogP contribution in [0.15, 0.2) is 77.0 Å². The number of aromatic nitrogens is 1. The second-order valence-electron chi connectivity index (χ2n) is 6.72. The van der Waals surface area contributed by atoms with Crippen molar-refractivity contribution in [3.63, 3.8) is 0 Å². The molecule has 0 bridgehead atoms. The Hall–Kier alpha value is -3.07. The Kier molecular flexibility index (Phi) is 6.36. The highest BCUT2D eigenvalue weighted by molar-refractivity contribution is 7.92. The Morgan fingerprint density at radius 1 is 0.969 bits per heavy atom. The van der Waals surface area contributed by atoms with E-state index < -0.39 is 10.0 Å². The van der Waals surface area contributed by atoms with Crippen molar-refractivity contribution in [2.45, 2.75) is 4.90 Å². The fraction of sp³-hybridized carbons (Fsp3) is 0.0870. The fourth-order valence-electron chi connectivity index (χ4n) is 3.11. The second kappa shape index (κ2) is 9.20. The molecule has 0 saturated heterocycles. The van der Waals surface area contributed by atoms with E-state index in [1.807, 2.05) is 35.7 Å². The summed E-state index contributed by atoms with van der Waals surface area (Å²) < 4.78 is 39.1. The van der Waals surface area contributed by atoms with Gasteiger partial charge >= 0.3 is 0 Å². The third-order valence-electron chi connectivity index (χ3n) is 4.68. The van der Waals surface area contributed by atoms with Gasteiger partial charge in [-0.1, -0.05) is 41.9 Å². The summed E-state index contributed by atoms with van der Waals surface area (Å²) in [5, 5.41) is 3.33. The number of sulfonamides is 1. The molecule has 0 fully saturated rings. The molecule has 164 valence electrons. The Morgan fingerprint density at radius 3 is 2.53 bits per heavy atom. The van der Waals surface area contributed by atoms with Crippen LogP contribution in [-0.2, 0) is 10.0 Å². The SMILES string of the molecule is COc1ccc(OC)c(S(=O)(=O)Nc2cccc(-c3csc(-c4ccccc4Cl)n3)c2)c1. The Morgan fingerprint density at radius 2 is 1.78 bits per heavy atom. The first kappa shape index (κ1) is 22.1. The van der Waals surface area contributed by atoms with Gasteiger partial charge in [-0.15, -0.1) is 11.3 Å². The highest BCUT2D eigenvalue weighted by Gasteiger charge is 2.21. The van der Waals surface area contributed by atoms with E-state index in [9.17, 15) is 8.42 Å². The van der Waals surface area contributed by atoms with Crippen LogP contribution in [0, 0.1) is 0 Å². The molecule has 3 aromatic carbocycles. The molecule has 0 aliphatic heterocycles. The zero-order chi connectivity index (χ0) is 22.7. The number of ether oxygens (including phenoxy) is 2. The molecule has 0 radical (unpaired) electrons. The number of hydrogen-bond donors (Lipinski definition) is 1. The number of nitrogens with zero attached hydrogens (tertiary/aromatic N) is 1. The van der Waals surface area contributed by atoms with Gasteiger partial charge in [-0.25, -0.2) is 13.4 Å². The summed E-state index contributed by atoms with van der Waals surface area (Å²) in [7, 11) is -1.03. The van der Waals surface area contributed by atoms with Crippen LogP contribution in [-0.4, -0.2) is 27.6 Å². The van der Waals surface area contributed by atoms with Crippen molar-refractivity contribution < 1.29 is 17.9 Å². The summed E-state index contributed by atoms with van der Waals surface area (Å²) in [5.41, 5.74) is 2.76. The molecule has 9 heteroatoms. The summed E-state index contributed by atoms with van der Waals surface area (Å²) in [4.78, 5) is 4.66. The molecular formula is C23H19ClN2O4S2. The van der Waals surface area contributed by atoms with Crippen molar-refractivity contribution in [1.29, 1.82) is 0 Å². The first-order valence-corrected chi connectivity index (χ1v) is 12.2. The van der Waals surface area contributed by atoms with Gasteiger partial charge < -0.3 is 9.47 Å². The Balaban J connectivity index is 1.64. The van der Waals surface area contributed by atoms with Crippen LogP contribution in [0.5, 0.6) is 11.5 Å². The lowest BCUT2D eigenvalue weighted by Crippen LogP contribution is -2.14. The first-order valence-electron chi connectivity index (χ1n) is 9.47. The molecule has 0 spiro atoms. The van der Waals surface area contributed by atoms with E-state index in [0.29, 0.717) is 16.5 Å². The third kappa shape index (κ3) is 4.57. The van der Waals surface area contributed by atoms with Gasteiger partial charge in [0, 0.05) is 28.3 Å². The Bertz CT molecular complexity index is 1370. The van der Waals surface area contributed by atoms with Gasteiger partial charge in [-0.2, -0.15) is 0 Å². The van der Waals surface area contributed by atoms with E-state index in [1.54, 1.807) is 30.3 Å². The second-order valence-corrected chi connectivity index (χ2v) is 9.64. The van der Waals surface area contributed by atoms with Gasteiger partial charge in [0.25, 0.3) is 10.0 Å². The number of benzene rings is 3. The third-order valence-corrected chi connectivity index (χ3v) is 7.29. The van der Waals surface area contributed by atoms with Crippen LogP contribution in [0.25, 0.3) is 21.8 Å². The molecular weight excluding hydrogens is 468 g/mol. The molecule has 0 aliphatic rings. The smallest absolute Gasteiger partial charge is 0.265 e. The van der Waals surface area contributed by atoms with Crippen LogP contribution < -0.4 is 14.2 Å². The zero-order valence-corrected chi connectivity index (χ0v) is 19.6. The number of methoxy groups -OCH3 is 2. The summed E-state index contributed by atoms with van der Waals surface area (Å²) in [6.45, 7) is 0. The molecule has 1 heterocycles. The molecule has 1 N–H and O–H groups in total. The summed E-state index contributed by atoms with van der Waals surface area (Å²) in [5.74, 6) is 0.632. The number of rotatable bonds is 7. The standard InChI is InChI=1S/C23H19ClN2O4S2/c1-29-17-10-11-21(30-2)22(13-17)32(27,28)26-16-7-5-6-15(12-16)20-14-31-23(25-20)18-8-3-4-9-19(18)24/h3-14,26H,1-2H3. The maximum absolute atomic E-state index is 13.0. The molecule has 0 saturated carbocycles. The van der Waals surface area contributed by atoms with Crippen molar-refractivity contribution in [2.24, 2.45) is 0 Å². The minimum atomic E-state index is -3.92. The van der Waals surface area contributed by atoms with Gasteiger partial charge in [0.15, 0.2) is 0 Å². The summed E-state index contributed by atoms with van der Waals surface area (Å²) in [6, 6.07) is 19.2. The predicted molar refractivity (Wildman–Crippen MR) is 128 cm³/mol. The Labute approximate surface area is 195 Å². The maximum Gasteiger partial charge on any atom is 0.265 e. The lowest BCUT2D eigenvalue weighted by molar-refractivity contribution is 0.392. The monoisotopic (exact) mass is 486 g/mol. The molecule has 4 aromatic rings. The highest BCUT2D eigenvalue weighted by atomic mass is 35.5. The van der Waals surface area contributed by atoms with E-state index in [2.05, 4.69) is 9.71 Å². The molecule has 0 aliphatic carbocycles. The molecule has 0 atom stereocenters. The highest BCUT2D eigenvalue weighted by Crippen LogP contribution is 2.34. The molecule has 0 unspecified atom stereocenters. The molecule has 4 rings (SSSR count). The minimum Gasteiger partial charge on any atom is -0.497 e. The van der Waals surface area contributed by atoms with E-state index in [1.165, 1.54) is 31.6 Å². The van der Waals surface area contributed by atoms with Gasteiger partial charge in [-0.3, -0.25) is 4.72 Å². The summed E-state index contributed by atoms with van der Waals surface area (Å²) >= 11 is 7.76. The zero-order valence-electron chi connectivity index (χ0n) is 17.2. The largest absolute Gasteiger partial charge is 0.497 e. The molecule has 0 amide bonds. The number of thiazole rings is 1. The van der Waals surface area contributed by atoms with Crippen LogP contribution in [0.1, 0.15) is 0 Å². The number of nitrogens with one attached hydrogen (secondary N) is 1. The summed E-state index contributed by atoms with van der Waals surface area (Å²) in [6.07, 6.45) is 0. The maximum atomic E-state index is 13.0. The molecule has 32 heavy (non-hydrogen) atoms. The fourth-order valence-corrected chi connectivity index (χ4v) is 5.49. The average Bonchev–Trinajstić information content (AvgIpc) is 3.29. The lowest BCUT2D eigenvalue weighted by atomic mass is 10.1. The predicted octanol–water partition coefficient (Wildman–Crippen LogP) is 5.95. The van der Waals surface area contributed by atoms with Crippen LogP contribution >= 0.6 is 22.9 Å². The topological polar surface area (TPSA) is 77.5 Å². The molecule has 6 nitrogen and oxygen atoms in total. The number of anilines is 1. The number of hydrogen-bond acceptors (Lipinski definition) is 6. The van der Waals surface area contributed by atoms with Gasteiger partial charge in [0.2, 0.25) is 0 Å². The van der Waals surface area contributed by atoms with Crippen molar-refractivity contribution in [3.8, 4) is 33.3 Å².